The normalized spacial score (nSPS) is 10.2. The molecule has 0 bridgehead atoms. The molecule has 0 aliphatic carbocycles. The number of nitrogens with zero attached hydrogens (tertiary/aromatic N) is 3. The maximum atomic E-state index is 12.3. The van der Waals surface area contributed by atoms with Crippen molar-refractivity contribution >= 4 is 11.9 Å². The molecular formula is C14H21N3O4. The SMILES string of the molecule is CCCCn1nc(C(=O)N(CC)CC(=O)OC)ccc1=O. The molecule has 0 N–H and O–H groups in total. The van der Waals surface area contributed by atoms with E-state index < -0.39 is 11.9 Å². The highest BCUT2D eigenvalue weighted by Crippen LogP contribution is 2.01. The molecule has 1 amide bonds. The van der Waals surface area contributed by atoms with E-state index in [1.165, 1.54) is 28.8 Å². The number of aryl methyl sites for hydroxylation is 1. The second kappa shape index (κ2) is 8.18. The molecule has 0 radical (unpaired) electrons. The average molecular weight is 295 g/mol. The Hall–Kier alpha value is -2.18. The number of rotatable bonds is 7. The predicted molar refractivity (Wildman–Crippen MR) is 77.0 cm³/mol. The van der Waals surface area contributed by atoms with Gasteiger partial charge < -0.3 is 9.64 Å². The number of carbonyl (C=O) groups is 2. The first-order valence-corrected chi connectivity index (χ1v) is 6.97. The number of hydrogen-bond acceptors (Lipinski definition) is 5. The number of ether oxygens (including phenoxy) is 1. The number of methoxy groups -OCH3 is 1. The van der Waals surface area contributed by atoms with Gasteiger partial charge in [-0.2, -0.15) is 5.10 Å². The fraction of sp³-hybridized carbons (Fsp3) is 0.571. The fourth-order valence-electron chi connectivity index (χ4n) is 1.74. The third-order valence-electron chi connectivity index (χ3n) is 3.03. The summed E-state index contributed by atoms with van der Waals surface area (Å²) in [5.41, 5.74) is -0.0903. The summed E-state index contributed by atoms with van der Waals surface area (Å²) in [7, 11) is 1.27. The van der Waals surface area contributed by atoms with Crippen LogP contribution in [0.3, 0.4) is 0 Å². The molecule has 1 aromatic rings. The van der Waals surface area contributed by atoms with E-state index in [1.54, 1.807) is 6.92 Å². The molecule has 0 atom stereocenters. The molecule has 0 aliphatic heterocycles. The molecule has 0 saturated heterocycles. The summed E-state index contributed by atoms with van der Waals surface area (Å²) in [6.45, 7) is 4.45. The lowest BCUT2D eigenvalue weighted by Gasteiger charge is -2.19. The first-order valence-electron chi connectivity index (χ1n) is 6.97. The number of hydrogen-bond donors (Lipinski definition) is 0. The second-order valence-electron chi connectivity index (χ2n) is 4.53. The molecule has 0 unspecified atom stereocenters. The van der Waals surface area contributed by atoms with Crippen LogP contribution in [0.15, 0.2) is 16.9 Å². The molecule has 0 aromatic carbocycles. The van der Waals surface area contributed by atoms with Crippen LogP contribution in [0, 0.1) is 0 Å². The predicted octanol–water partition coefficient (Wildman–Crippen LogP) is 0.678. The van der Waals surface area contributed by atoms with E-state index >= 15 is 0 Å². The molecule has 21 heavy (non-hydrogen) atoms. The minimum absolute atomic E-state index is 0.137. The summed E-state index contributed by atoms with van der Waals surface area (Å²) >= 11 is 0. The van der Waals surface area contributed by atoms with Gasteiger partial charge in [-0.3, -0.25) is 14.4 Å². The smallest absolute Gasteiger partial charge is 0.325 e. The molecule has 7 nitrogen and oxygen atoms in total. The van der Waals surface area contributed by atoms with Gasteiger partial charge in [-0.15, -0.1) is 0 Å². The van der Waals surface area contributed by atoms with E-state index in [1.807, 2.05) is 6.92 Å². The van der Waals surface area contributed by atoms with Gasteiger partial charge in [0.1, 0.15) is 12.2 Å². The Morgan fingerprint density at radius 3 is 2.62 bits per heavy atom. The molecule has 1 rings (SSSR count). The lowest BCUT2D eigenvalue weighted by molar-refractivity contribution is -0.141. The van der Waals surface area contributed by atoms with Crippen molar-refractivity contribution in [3.05, 3.63) is 28.2 Å². The summed E-state index contributed by atoms with van der Waals surface area (Å²) < 4.78 is 5.84. The Bertz CT molecular complexity index is 553. The van der Waals surface area contributed by atoms with Crippen LogP contribution in [-0.2, 0) is 16.1 Å². The van der Waals surface area contributed by atoms with Crippen LogP contribution in [0.2, 0.25) is 0 Å². The van der Waals surface area contributed by atoms with E-state index in [9.17, 15) is 14.4 Å². The molecular weight excluding hydrogens is 274 g/mol. The molecule has 116 valence electrons. The summed E-state index contributed by atoms with van der Waals surface area (Å²) in [5, 5.41) is 4.07. The largest absolute Gasteiger partial charge is 0.468 e. The highest BCUT2D eigenvalue weighted by Gasteiger charge is 2.19. The van der Waals surface area contributed by atoms with Gasteiger partial charge in [0.25, 0.3) is 11.5 Å². The fourth-order valence-corrected chi connectivity index (χ4v) is 1.74. The van der Waals surface area contributed by atoms with Crippen molar-refractivity contribution in [2.24, 2.45) is 0 Å². The Kier molecular flexibility index (Phi) is 6.58. The monoisotopic (exact) mass is 295 g/mol. The van der Waals surface area contributed by atoms with Crippen LogP contribution in [0.5, 0.6) is 0 Å². The first-order chi connectivity index (χ1) is 10.0. The minimum Gasteiger partial charge on any atom is -0.468 e. The molecule has 0 aliphatic rings. The molecule has 0 fully saturated rings. The van der Waals surface area contributed by atoms with Crippen LogP contribution >= 0.6 is 0 Å². The van der Waals surface area contributed by atoms with Crippen LogP contribution in [0.4, 0.5) is 0 Å². The van der Waals surface area contributed by atoms with Gasteiger partial charge in [-0.05, 0) is 19.4 Å². The second-order valence-corrected chi connectivity index (χ2v) is 4.53. The van der Waals surface area contributed by atoms with E-state index in [2.05, 4.69) is 9.84 Å². The third-order valence-corrected chi connectivity index (χ3v) is 3.03. The molecule has 1 aromatic heterocycles. The van der Waals surface area contributed by atoms with Crippen molar-refractivity contribution in [1.29, 1.82) is 0 Å². The number of aromatic nitrogens is 2. The van der Waals surface area contributed by atoms with Crippen molar-refractivity contribution < 1.29 is 14.3 Å². The Morgan fingerprint density at radius 2 is 2.05 bits per heavy atom. The molecule has 0 saturated carbocycles. The zero-order valence-electron chi connectivity index (χ0n) is 12.7. The maximum Gasteiger partial charge on any atom is 0.325 e. The number of likely N-dealkylation sites (N-methyl/N-ethyl adjacent to an activating group) is 1. The summed E-state index contributed by atoms with van der Waals surface area (Å²) in [6, 6.07) is 2.70. The van der Waals surface area contributed by atoms with Crippen molar-refractivity contribution in [2.45, 2.75) is 33.2 Å². The van der Waals surface area contributed by atoms with Crippen LogP contribution in [0.1, 0.15) is 37.2 Å². The Balaban J connectivity index is 2.94. The van der Waals surface area contributed by atoms with E-state index in [4.69, 9.17) is 0 Å². The van der Waals surface area contributed by atoms with Crippen molar-refractivity contribution in [3.8, 4) is 0 Å². The quantitative estimate of drug-likeness (QED) is 0.691. The summed E-state index contributed by atoms with van der Waals surface area (Å²) in [4.78, 5) is 36.6. The summed E-state index contributed by atoms with van der Waals surface area (Å²) in [5.74, 6) is -0.891. The molecule has 7 heteroatoms. The number of esters is 1. The summed E-state index contributed by atoms with van der Waals surface area (Å²) in [6.07, 6.45) is 1.74. The van der Waals surface area contributed by atoms with Gasteiger partial charge in [0.15, 0.2) is 0 Å². The van der Waals surface area contributed by atoms with E-state index in [0.29, 0.717) is 13.1 Å². The van der Waals surface area contributed by atoms with Gasteiger partial charge in [0.2, 0.25) is 0 Å². The van der Waals surface area contributed by atoms with Crippen molar-refractivity contribution in [2.75, 3.05) is 20.2 Å². The standard InChI is InChI=1S/C14H21N3O4/c1-4-6-9-17-12(18)8-7-11(15-17)14(20)16(5-2)10-13(19)21-3/h7-8H,4-6,9-10H2,1-3H3. The van der Waals surface area contributed by atoms with Gasteiger partial charge in [0, 0.05) is 19.2 Å². The number of carbonyl (C=O) groups excluding carboxylic acids is 2. The van der Waals surface area contributed by atoms with Crippen LogP contribution in [-0.4, -0.2) is 46.8 Å². The van der Waals surface area contributed by atoms with Crippen molar-refractivity contribution in [1.82, 2.24) is 14.7 Å². The van der Waals surface area contributed by atoms with Gasteiger partial charge >= 0.3 is 5.97 Å². The highest BCUT2D eigenvalue weighted by atomic mass is 16.5. The van der Waals surface area contributed by atoms with Crippen molar-refractivity contribution in [3.63, 3.8) is 0 Å². The van der Waals surface area contributed by atoms with Gasteiger partial charge in [-0.25, -0.2) is 4.68 Å². The topological polar surface area (TPSA) is 81.5 Å². The number of amides is 1. The van der Waals surface area contributed by atoms with Crippen LogP contribution < -0.4 is 5.56 Å². The zero-order chi connectivity index (χ0) is 15.8. The minimum atomic E-state index is -0.496. The van der Waals surface area contributed by atoms with E-state index in [-0.39, 0.29) is 17.8 Å². The Labute approximate surface area is 123 Å². The lowest BCUT2D eigenvalue weighted by atomic mass is 10.3. The molecule has 0 spiro atoms. The van der Waals surface area contributed by atoms with Crippen LogP contribution in [0.25, 0.3) is 0 Å². The zero-order valence-corrected chi connectivity index (χ0v) is 12.7. The third kappa shape index (κ3) is 4.70. The first kappa shape index (κ1) is 16.9. The number of unbranched alkanes of at least 4 members (excludes halogenated alkanes) is 1. The highest BCUT2D eigenvalue weighted by molar-refractivity contribution is 5.94. The Morgan fingerprint density at radius 1 is 1.33 bits per heavy atom. The lowest BCUT2D eigenvalue weighted by Crippen LogP contribution is -2.37. The maximum absolute atomic E-state index is 12.3. The van der Waals surface area contributed by atoms with E-state index in [0.717, 1.165) is 12.8 Å². The van der Waals surface area contributed by atoms with Gasteiger partial charge in [-0.1, -0.05) is 13.3 Å². The average Bonchev–Trinajstić information content (AvgIpc) is 2.50. The molecule has 1 heterocycles. The van der Waals surface area contributed by atoms with Gasteiger partial charge in [0.05, 0.1) is 7.11 Å².